The van der Waals surface area contributed by atoms with Crippen LogP contribution in [0.3, 0.4) is 0 Å². The summed E-state index contributed by atoms with van der Waals surface area (Å²) in [4.78, 5) is 28.7. The quantitative estimate of drug-likeness (QED) is 0.851. The molecular formula is C18H26N2O4. The van der Waals surface area contributed by atoms with Crippen LogP contribution in [0.5, 0.6) is 11.5 Å². The van der Waals surface area contributed by atoms with Gasteiger partial charge >= 0.3 is 0 Å². The largest absolute Gasteiger partial charge is 0.497 e. The Kier molecular flexibility index (Phi) is 5.06. The fourth-order valence-electron chi connectivity index (χ4n) is 2.78. The Bertz CT molecular complexity index is 614. The highest BCUT2D eigenvalue weighted by molar-refractivity contribution is 6.01. The van der Waals surface area contributed by atoms with Crippen LogP contribution in [0.1, 0.15) is 27.7 Å². The molecule has 1 aromatic carbocycles. The SMILES string of the molecule is COc1cc(OC)cc(N2CCN(C(=O)C(C)(C)C)[C@@H](C)C2=O)c1. The molecule has 0 bridgehead atoms. The molecule has 0 saturated carbocycles. The van der Waals surface area contributed by atoms with Crippen LogP contribution in [-0.4, -0.2) is 50.1 Å². The number of piperazine rings is 1. The number of amides is 2. The standard InChI is InChI=1S/C18H26N2O4/c1-12-16(21)20(8-7-19(12)17(22)18(2,3)4)13-9-14(23-5)11-15(10-13)24-6/h9-12H,7-8H2,1-6H3/t12-/m0/s1. The number of carbonyl (C=O) groups is 2. The van der Waals surface area contributed by atoms with Crippen LogP contribution < -0.4 is 14.4 Å². The lowest BCUT2D eigenvalue weighted by molar-refractivity contribution is -0.147. The van der Waals surface area contributed by atoms with E-state index in [4.69, 9.17) is 9.47 Å². The second-order valence-corrected chi connectivity index (χ2v) is 6.99. The van der Waals surface area contributed by atoms with Crippen molar-refractivity contribution in [1.29, 1.82) is 0 Å². The van der Waals surface area contributed by atoms with Gasteiger partial charge in [-0.3, -0.25) is 9.59 Å². The molecule has 1 aromatic rings. The van der Waals surface area contributed by atoms with Gasteiger partial charge in [0.2, 0.25) is 11.8 Å². The molecule has 0 aliphatic carbocycles. The number of nitrogens with zero attached hydrogens (tertiary/aromatic N) is 2. The van der Waals surface area contributed by atoms with Crippen LogP contribution in [0.15, 0.2) is 18.2 Å². The number of rotatable bonds is 3. The molecule has 1 aliphatic rings. The van der Waals surface area contributed by atoms with Gasteiger partial charge in [0.25, 0.3) is 0 Å². The van der Waals surface area contributed by atoms with Gasteiger partial charge in [-0.15, -0.1) is 0 Å². The highest BCUT2D eigenvalue weighted by Gasteiger charge is 2.38. The third-order valence-corrected chi connectivity index (χ3v) is 4.21. The summed E-state index contributed by atoms with van der Waals surface area (Å²) in [5.41, 5.74) is 0.210. The fraction of sp³-hybridized carbons (Fsp3) is 0.556. The van der Waals surface area contributed by atoms with Crippen LogP contribution in [-0.2, 0) is 9.59 Å². The summed E-state index contributed by atoms with van der Waals surface area (Å²) < 4.78 is 10.5. The Hall–Kier alpha value is -2.24. The summed E-state index contributed by atoms with van der Waals surface area (Å²) in [5.74, 6) is 1.14. The van der Waals surface area contributed by atoms with E-state index < -0.39 is 11.5 Å². The summed E-state index contributed by atoms with van der Waals surface area (Å²) in [7, 11) is 3.14. The Morgan fingerprint density at radius 1 is 1.08 bits per heavy atom. The van der Waals surface area contributed by atoms with Gasteiger partial charge in [-0.2, -0.15) is 0 Å². The summed E-state index contributed by atoms with van der Waals surface area (Å²) in [6, 6.07) is 4.86. The Balaban J connectivity index is 2.27. The van der Waals surface area contributed by atoms with Crippen molar-refractivity contribution >= 4 is 17.5 Å². The van der Waals surface area contributed by atoms with Crippen LogP contribution >= 0.6 is 0 Å². The first-order chi connectivity index (χ1) is 11.2. The van der Waals surface area contributed by atoms with Crippen molar-refractivity contribution in [2.75, 3.05) is 32.2 Å². The zero-order chi connectivity index (χ0) is 18.1. The Labute approximate surface area is 143 Å². The fourth-order valence-corrected chi connectivity index (χ4v) is 2.78. The summed E-state index contributed by atoms with van der Waals surface area (Å²) in [6.07, 6.45) is 0. The number of ether oxygens (including phenoxy) is 2. The normalized spacial score (nSPS) is 18.6. The third kappa shape index (κ3) is 3.47. The second-order valence-electron chi connectivity index (χ2n) is 6.99. The lowest BCUT2D eigenvalue weighted by Crippen LogP contribution is -2.59. The number of methoxy groups -OCH3 is 2. The molecule has 2 amide bonds. The molecule has 0 unspecified atom stereocenters. The van der Waals surface area contributed by atoms with Gasteiger partial charge < -0.3 is 19.3 Å². The van der Waals surface area contributed by atoms with E-state index in [-0.39, 0.29) is 11.8 Å². The zero-order valence-corrected chi connectivity index (χ0v) is 15.3. The van der Waals surface area contributed by atoms with Gasteiger partial charge in [-0.25, -0.2) is 0 Å². The van der Waals surface area contributed by atoms with Crippen molar-refractivity contribution in [3.63, 3.8) is 0 Å². The van der Waals surface area contributed by atoms with Gasteiger partial charge in [-0.05, 0) is 6.92 Å². The molecule has 0 N–H and O–H groups in total. The molecule has 0 aromatic heterocycles. The topological polar surface area (TPSA) is 59.1 Å². The van der Waals surface area contributed by atoms with Crippen molar-refractivity contribution in [2.24, 2.45) is 5.41 Å². The molecule has 1 heterocycles. The zero-order valence-electron chi connectivity index (χ0n) is 15.3. The van der Waals surface area contributed by atoms with Gasteiger partial charge in [0, 0.05) is 36.7 Å². The van der Waals surface area contributed by atoms with E-state index in [2.05, 4.69) is 0 Å². The minimum atomic E-state index is -0.504. The van der Waals surface area contributed by atoms with Crippen LogP contribution in [0, 0.1) is 5.41 Å². The van der Waals surface area contributed by atoms with E-state index in [0.717, 1.165) is 0 Å². The molecule has 1 fully saturated rings. The lowest BCUT2D eigenvalue weighted by Gasteiger charge is -2.41. The first-order valence-corrected chi connectivity index (χ1v) is 8.04. The monoisotopic (exact) mass is 334 g/mol. The molecule has 1 aliphatic heterocycles. The molecule has 24 heavy (non-hydrogen) atoms. The third-order valence-electron chi connectivity index (χ3n) is 4.21. The molecule has 6 nitrogen and oxygen atoms in total. The molecule has 6 heteroatoms. The molecular weight excluding hydrogens is 308 g/mol. The first-order valence-electron chi connectivity index (χ1n) is 8.04. The summed E-state index contributed by atoms with van der Waals surface area (Å²) in [5, 5.41) is 0. The molecule has 132 valence electrons. The first kappa shape index (κ1) is 18.1. The Morgan fingerprint density at radius 3 is 2.08 bits per heavy atom. The van der Waals surface area contributed by atoms with Gasteiger partial charge in [0.1, 0.15) is 17.5 Å². The number of hydrogen-bond donors (Lipinski definition) is 0. The molecule has 0 radical (unpaired) electrons. The van der Waals surface area contributed by atoms with Crippen molar-refractivity contribution in [2.45, 2.75) is 33.7 Å². The predicted octanol–water partition coefficient (Wildman–Crippen LogP) is 2.31. The highest BCUT2D eigenvalue weighted by Crippen LogP contribution is 2.31. The van der Waals surface area contributed by atoms with Crippen molar-refractivity contribution in [3.8, 4) is 11.5 Å². The van der Waals surface area contributed by atoms with Gasteiger partial charge in [0.15, 0.2) is 0 Å². The van der Waals surface area contributed by atoms with E-state index in [1.165, 1.54) is 0 Å². The summed E-state index contributed by atoms with van der Waals surface area (Å²) >= 11 is 0. The predicted molar refractivity (Wildman–Crippen MR) is 92.5 cm³/mol. The van der Waals surface area contributed by atoms with Crippen molar-refractivity contribution < 1.29 is 19.1 Å². The number of anilines is 1. The molecule has 0 spiro atoms. The maximum Gasteiger partial charge on any atom is 0.249 e. The van der Waals surface area contributed by atoms with E-state index in [9.17, 15) is 9.59 Å². The van der Waals surface area contributed by atoms with E-state index >= 15 is 0 Å². The van der Waals surface area contributed by atoms with Crippen LogP contribution in [0.2, 0.25) is 0 Å². The van der Waals surface area contributed by atoms with Crippen molar-refractivity contribution in [1.82, 2.24) is 4.90 Å². The smallest absolute Gasteiger partial charge is 0.249 e. The molecule has 2 rings (SSSR count). The van der Waals surface area contributed by atoms with Crippen molar-refractivity contribution in [3.05, 3.63) is 18.2 Å². The average molecular weight is 334 g/mol. The molecule has 1 saturated heterocycles. The lowest BCUT2D eigenvalue weighted by atomic mass is 9.93. The maximum absolute atomic E-state index is 12.8. The second kappa shape index (κ2) is 6.71. The minimum Gasteiger partial charge on any atom is -0.497 e. The average Bonchev–Trinajstić information content (AvgIpc) is 2.55. The number of hydrogen-bond acceptors (Lipinski definition) is 4. The molecule has 1 atom stereocenters. The van der Waals surface area contributed by atoms with E-state index in [1.54, 1.807) is 49.1 Å². The Morgan fingerprint density at radius 2 is 1.62 bits per heavy atom. The van der Waals surface area contributed by atoms with Gasteiger partial charge in [-0.1, -0.05) is 20.8 Å². The summed E-state index contributed by atoms with van der Waals surface area (Å²) in [6.45, 7) is 8.32. The maximum atomic E-state index is 12.8. The van der Waals surface area contributed by atoms with Crippen LogP contribution in [0.25, 0.3) is 0 Å². The van der Waals surface area contributed by atoms with Gasteiger partial charge in [0.05, 0.1) is 19.9 Å². The van der Waals surface area contributed by atoms with E-state index in [1.807, 2.05) is 20.8 Å². The van der Waals surface area contributed by atoms with E-state index in [0.29, 0.717) is 30.3 Å². The highest BCUT2D eigenvalue weighted by atomic mass is 16.5. The van der Waals surface area contributed by atoms with Crippen LogP contribution in [0.4, 0.5) is 5.69 Å². The number of benzene rings is 1. The minimum absolute atomic E-state index is 0.00813. The number of carbonyl (C=O) groups excluding carboxylic acids is 2.